The average Bonchev–Trinajstić information content (AvgIpc) is 2.77. The first kappa shape index (κ1) is 18.5. The van der Waals surface area contributed by atoms with Gasteiger partial charge in [0.05, 0.1) is 25.2 Å². The molecule has 0 fully saturated rings. The summed E-state index contributed by atoms with van der Waals surface area (Å²) in [5.41, 5.74) is 2.15. The van der Waals surface area contributed by atoms with E-state index >= 15 is 0 Å². The van der Waals surface area contributed by atoms with Gasteiger partial charge >= 0.3 is 0 Å². The van der Waals surface area contributed by atoms with Gasteiger partial charge in [-0.15, -0.1) is 0 Å². The molecular weight excluding hydrogens is 336 g/mol. The summed E-state index contributed by atoms with van der Waals surface area (Å²) in [6, 6.07) is 3.40. The number of amides is 1. The number of ether oxygens (including phenoxy) is 2. The van der Waals surface area contributed by atoms with Crippen molar-refractivity contribution in [1.29, 1.82) is 0 Å². The standard InChI is InChI=1S/C15H22N2O6S/c1-10(2)14(15(18)16-21-3)17-24(19,20)11-5-6-12-13(9-11)23-8-4-7-22-12/h5-6,9-10,14,17H,4,7-8H2,1-3H3,(H,16,18). The summed E-state index contributed by atoms with van der Waals surface area (Å²) < 4.78 is 38.6. The molecular formula is C15H22N2O6S. The monoisotopic (exact) mass is 358 g/mol. The van der Waals surface area contributed by atoms with E-state index in [1.807, 2.05) is 0 Å². The van der Waals surface area contributed by atoms with Gasteiger partial charge in [0.25, 0.3) is 5.91 Å². The highest BCUT2D eigenvalue weighted by Gasteiger charge is 2.29. The van der Waals surface area contributed by atoms with Crippen molar-refractivity contribution in [3.63, 3.8) is 0 Å². The first-order valence-electron chi connectivity index (χ1n) is 7.60. The number of hydrogen-bond donors (Lipinski definition) is 2. The SMILES string of the molecule is CONC(=O)C(NS(=O)(=O)c1ccc2c(c1)OCCCO2)C(C)C. The van der Waals surface area contributed by atoms with Crippen molar-refractivity contribution in [2.24, 2.45) is 5.92 Å². The lowest BCUT2D eigenvalue weighted by Crippen LogP contribution is -2.49. The van der Waals surface area contributed by atoms with Crippen LogP contribution in [-0.2, 0) is 19.7 Å². The summed E-state index contributed by atoms with van der Waals surface area (Å²) in [7, 11) is -2.63. The minimum Gasteiger partial charge on any atom is -0.490 e. The number of hydroxylamine groups is 1. The van der Waals surface area contributed by atoms with E-state index < -0.39 is 22.0 Å². The summed E-state index contributed by atoms with van der Waals surface area (Å²) in [4.78, 5) is 16.5. The Morgan fingerprint density at radius 1 is 1.21 bits per heavy atom. The molecule has 0 saturated heterocycles. The molecule has 2 N–H and O–H groups in total. The van der Waals surface area contributed by atoms with Gasteiger partial charge in [-0.05, 0) is 18.1 Å². The molecule has 0 saturated carbocycles. The maximum absolute atomic E-state index is 12.6. The lowest BCUT2D eigenvalue weighted by atomic mass is 10.1. The van der Waals surface area contributed by atoms with Crippen molar-refractivity contribution in [1.82, 2.24) is 10.2 Å². The molecule has 1 unspecified atom stereocenters. The second-order valence-electron chi connectivity index (χ2n) is 5.67. The molecule has 24 heavy (non-hydrogen) atoms. The smallest absolute Gasteiger partial charge is 0.261 e. The quantitative estimate of drug-likeness (QED) is 0.730. The number of carbonyl (C=O) groups is 1. The molecule has 1 aliphatic heterocycles. The van der Waals surface area contributed by atoms with Crippen molar-refractivity contribution >= 4 is 15.9 Å². The highest BCUT2D eigenvalue weighted by atomic mass is 32.2. The summed E-state index contributed by atoms with van der Waals surface area (Å²) in [5.74, 6) is 0.0440. The lowest BCUT2D eigenvalue weighted by molar-refractivity contribution is -0.134. The topological polar surface area (TPSA) is 103 Å². The largest absolute Gasteiger partial charge is 0.490 e. The molecule has 0 bridgehead atoms. The molecule has 1 atom stereocenters. The van der Waals surface area contributed by atoms with Crippen LogP contribution < -0.4 is 19.7 Å². The van der Waals surface area contributed by atoms with Crippen LogP contribution >= 0.6 is 0 Å². The van der Waals surface area contributed by atoms with Gasteiger partial charge in [-0.2, -0.15) is 4.72 Å². The fraction of sp³-hybridized carbons (Fsp3) is 0.533. The van der Waals surface area contributed by atoms with Crippen molar-refractivity contribution in [3.05, 3.63) is 18.2 Å². The van der Waals surface area contributed by atoms with E-state index in [1.54, 1.807) is 19.9 Å². The van der Waals surface area contributed by atoms with Crippen molar-refractivity contribution in [2.45, 2.75) is 31.2 Å². The molecule has 8 nitrogen and oxygen atoms in total. The Kier molecular flexibility index (Phi) is 6.03. The van der Waals surface area contributed by atoms with Gasteiger partial charge in [-0.25, -0.2) is 13.9 Å². The van der Waals surface area contributed by atoms with Crippen molar-refractivity contribution < 1.29 is 27.5 Å². The summed E-state index contributed by atoms with van der Waals surface area (Å²) in [5, 5.41) is 0. The number of benzene rings is 1. The third kappa shape index (κ3) is 4.37. The van der Waals surface area contributed by atoms with Crippen LogP contribution in [0.4, 0.5) is 0 Å². The van der Waals surface area contributed by atoms with Crippen LogP contribution in [-0.4, -0.2) is 40.7 Å². The van der Waals surface area contributed by atoms with Gasteiger partial charge in [0.2, 0.25) is 10.0 Å². The fourth-order valence-corrected chi connectivity index (χ4v) is 3.56. The Morgan fingerprint density at radius 2 is 1.88 bits per heavy atom. The molecule has 1 heterocycles. The van der Waals surface area contributed by atoms with Gasteiger partial charge in [0, 0.05) is 12.5 Å². The van der Waals surface area contributed by atoms with E-state index in [0.29, 0.717) is 24.7 Å². The van der Waals surface area contributed by atoms with E-state index in [4.69, 9.17) is 9.47 Å². The van der Waals surface area contributed by atoms with E-state index in [-0.39, 0.29) is 10.8 Å². The Morgan fingerprint density at radius 3 is 2.50 bits per heavy atom. The first-order chi connectivity index (χ1) is 11.3. The zero-order valence-corrected chi connectivity index (χ0v) is 14.7. The van der Waals surface area contributed by atoms with Crippen LogP contribution in [0.25, 0.3) is 0 Å². The third-order valence-electron chi connectivity index (χ3n) is 3.46. The number of nitrogens with one attached hydrogen (secondary N) is 2. The lowest BCUT2D eigenvalue weighted by Gasteiger charge is -2.21. The molecule has 1 aromatic rings. The second kappa shape index (κ2) is 7.82. The minimum atomic E-state index is -3.92. The highest BCUT2D eigenvalue weighted by Crippen LogP contribution is 2.32. The van der Waals surface area contributed by atoms with E-state index in [2.05, 4.69) is 15.0 Å². The molecule has 1 amide bonds. The number of sulfonamides is 1. The summed E-state index contributed by atoms with van der Waals surface area (Å²) in [6.07, 6.45) is 0.724. The number of rotatable bonds is 6. The zero-order valence-electron chi connectivity index (χ0n) is 13.9. The molecule has 134 valence electrons. The van der Waals surface area contributed by atoms with E-state index in [9.17, 15) is 13.2 Å². The molecule has 1 aromatic carbocycles. The second-order valence-corrected chi connectivity index (χ2v) is 7.39. The third-order valence-corrected chi connectivity index (χ3v) is 4.90. The Balaban J connectivity index is 2.26. The molecule has 2 rings (SSSR count). The maximum Gasteiger partial charge on any atom is 0.261 e. The Hall–Kier alpha value is -1.84. The van der Waals surface area contributed by atoms with Crippen molar-refractivity contribution in [2.75, 3.05) is 20.3 Å². The van der Waals surface area contributed by atoms with Gasteiger partial charge in [-0.1, -0.05) is 13.8 Å². The number of hydrogen-bond acceptors (Lipinski definition) is 6. The van der Waals surface area contributed by atoms with Gasteiger partial charge in [-0.3, -0.25) is 9.63 Å². The van der Waals surface area contributed by atoms with Crippen LogP contribution in [0.1, 0.15) is 20.3 Å². The van der Waals surface area contributed by atoms with Gasteiger partial charge < -0.3 is 9.47 Å². The Bertz CT molecular complexity index is 689. The molecule has 0 aromatic heterocycles. The highest BCUT2D eigenvalue weighted by molar-refractivity contribution is 7.89. The maximum atomic E-state index is 12.6. The molecule has 9 heteroatoms. The molecule has 1 aliphatic rings. The van der Waals surface area contributed by atoms with Crippen LogP contribution in [0.3, 0.4) is 0 Å². The number of carbonyl (C=O) groups excluding carboxylic acids is 1. The minimum absolute atomic E-state index is 0.00242. The summed E-state index contributed by atoms with van der Waals surface area (Å²) >= 11 is 0. The van der Waals surface area contributed by atoms with Crippen LogP contribution in [0.2, 0.25) is 0 Å². The van der Waals surface area contributed by atoms with Gasteiger partial charge in [0.1, 0.15) is 6.04 Å². The first-order valence-corrected chi connectivity index (χ1v) is 9.08. The predicted molar refractivity (Wildman–Crippen MR) is 86.1 cm³/mol. The van der Waals surface area contributed by atoms with E-state index in [0.717, 1.165) is 6.42 Å². The van der Waals surface area contributed by atoms with Gasteiger partial charge in [0.15, 0.2) is 11.5 Å². The fourth-order valence-electron chi connectivity index (χ4n) is 2.20. The summed E-state index contributed by atoms with van der Waals surface area (Å²) in [6.45, 7) is 4.44. The average molecular weight is 358 g/mol. The van der Waals surface area contributed by atoms with Crippen molar-refractivity contribution in [3.8, 4) is 11.5 Å². The van der Waals surface area contributed by atoms with Crippen LogP contribution in [0.5, 0.6) is 11.5 Å². The van der Waals surface area contributed by atoms with Crippen LogP contribution in [0.15, 0.2) is 23.1 Å². The Labute approximate surface area is 141 Å². The number of fused-ring (bicyclic) bond motifs is 1. The molecule has 0 spiro atoms. The predicted octanol–water partition coefficient (Wildman–Crippen LogP) is 0.828. The van der Waals surface area contributed by atoms with Crippen LogP contribution in [0, 0.1) is 5.92 Å². The molecule has 0 radical (unpaired) electrons. The molecule has 0 aliphatic carbocycles. The zero-order chi connectivity index (χ0) is 17.7. The van der Waals surface area contributed by atoms with E-state index in [1.165, 1.54) is 19.2 Å². The normalized spacial score (nSPS) is 15.7.